The van der Waals surface area contributed by atoms with E-state index in [1.165, 1.54) is 12.1 Å². The Kier molecular flexibility index (Phi) is 4.29. The second-order valence-electron chi connectivity index (χ2n) is 3.98. The third-order valence-corrected chi connectivity index (χ3v) is 3.32. The zero-order valence-electron chi connectivity index (χ0n) is 10.6. The predicted molar refractivity (Wildman–Crippen MR) is 77.0 cm³/mol. The maximum Gasteiger partial charge on any atom is 0.356 e. The lowest BCUT2D eigenvalue weighted by Gasteiger charge is -2.06. The van der Waals surface area contributed by atoms with Crippen molar-refractivity contribution >= 4 is 38.5 Å². The topological polar surface area (TPSA) is 82.3 Å². The van der Waals surface area contributed by atoms with E-state index in [1.807, 2.05) is 0 Å². The first-order valence-corrected chi connectivity index (χ1v) is 7.00. The highest BCUT2D eigenvalue weighted by molar-refractivity contribution is 9.08. The lowest BCUT2D eigenvalue weighted by atomic mass is 10.1. The molecule has 0 amide bonds. The number of hydrogen-bond donors (Lipinski definition) is 0. The first kappa shape index (κ1) is 14.4. The Hall–Kier alpha value is -2.02. The molecule has 0 bridgehead atoms. The van der Waals surface area contributed by atoms with Crippen molar-refractivity contribution < 1.29 is 14.5 Å². The van der Waals surface area contributed by atoms with Crippen molar-refractivity contribution in [3.05, 3.63) is 45.6 Å². The molecular formula is C13H11BrN2O4. The Labute approximate surface area is 123 Å². The van der Waals surface area contributed by atoms with Crippen molar-refractivity contribution in [1.82, 2.24) is 4.98 Å². The number of esters is 1. The van der Waals surface area contributed by atoms with Gasteiger partial charge in [0.2, 0.25) is 0 Å². The van der Waals surface area contributed by atoms with E-state index in [0.717, 1.165) is 10.9 Å². The van der Waals surface area contributed by atoms with E-state index in [-0.39, 0.29) is 18.0 Å². The molecule has 0 aliphatic rings. The minimum atomic E-state index is -0.540. The molecule has 0 N–H and O–H groups in total. The second-order valence-corrected chi connectivity index (χ2v) is 4.54. The van der Waals surface area contributed by atoms with Crippen LogP contribution in [0.1, 0.15) is 23.0 Å². The van der Waals surface area contributed by atoms with Crippen molar-refractivity contribution in [3.8, 4) is 0 Å². The maximum absolute atomic E-state index is 11.6. The molecule has 0 fully saturated rings. The monoisotopic (exact) mass is 338 g/mol. The number of carbonyl (C=O) groups is 1. The molecule has 0 radical (unpaired) electrons. The molecule has 1 aromatic heterocycles. The van der Waals surface area contributed by atoms with Crippen molar-refractivity contribution in [2.75, 3.05) is 6.61 Å². The summed E-state index contributed by atoms with van der Waals surface area (Å²) >= 11 is 3.29. The molecule has 1 heterocycles. The zero-order chi connectivity index (χ0) is 14.7. The molecule has 6 nitrogen and oxygen atoms in total. The largest absolute Gasteiger partial charge is 0.461 e. The smallest absolute Gasteiger partial charge is 0.356 e. The summed E-state index contributed by atoms with van der Waals surface area (Å²) in [6.45, 7) is 1.95. The predicted octanol–water partition coefficient (Wildman–Crippen LogP) is 3.21. The molecular weight excluding hydrogens is 328 g/mol. The molecule has 2 aromatic rings. The normalized spacial score (nSPS) is 10.5. The van der Waals surface area contributed by atoms with Gasteiger partial charge in [0.05, 0.1) is 17.0 Å². The van der Waals surface area contributed by atoms with Gasteiger partial charge in [-0.1, -0.05) is 22.0 Å². The van der Waals surface area contributed by atoms with Gasteiger partial charge in [0.1, 0.15) is 5.69 Å². The van der Waals surface area contributed by atoms with Crippen LogP contribution in [0.2, 0.25) is 0 Å². The Morgan fingerprint density at radius 2 is 2.20 bits per heavy atom. The summed E-state index contributed by atoms with van der Waals surface area (Å²) in [6.07, 6.45) is 0. The van der Waals surface area contributed by atoms with Crippen LogP contribution in [0.15, 0.2) is 24.3 Å². The van der Waals surface area contributed by atoms with Crippen molar-refractivity contribution in [2.24, 2.45) is 0 Å². The number of halogens is 1. The molecule has 0 saturated heterocycles. The number of nitrogens with zero attached hydrogens (tertiary/aromatic N) is 2. The Morgan fingerprint density at radius 1 is 1.45 bits per heavy atom. The average molecular weight is 339 g/mol. The number of nitro benzene ring substituents is 1. The summed E-state index contributed by atoms with van der Waals surface area (Å²) in [7, 11) is 0. The molecule has 20 heavy (non-hydrogen) atoms. The number of ether oxygens (including phenoxy) is 1. The fourth-order valence-electron chi connectivity index (χ4n) is 1.83. The highest BCUT2D eigenvalue weighted by Crippen LogP contribution is 2.26. The van der Waals surface area contributed by atoms with Gasteiger partial charge in [-0.2, -0.15) is 0 Å². The first-order chi connectivity index (χ1) is 9.56. The number of hydrogen-bond acceptors (Lipinski definition) is 5. The highest BCUT2D eigenvalue weighted by atomic mass is 79.9. The van der Waals surface area contributed by atoms with Crippen LogP contribution in [0.3, 0.4) is 0 Å². The summed E-state index contributed by atoms with van der Waals surface area (Å²) in [5.41, 5.74) is 1.23. The van der Waals surface area contributed by atoms with Crippen LogP contribution in [0.25, 0.3) is 10.9 Å². The standard InChI is InChI=1S/C13H11BrN2O4/c1-2-20-13(17)11-4-3-10-8(7-14)5-9(16(18)19)6-12(10)15-11/h3-6H,2,7H2,1H3. The van der Waals surface area contributed by atoms with Gasteiger partial charge in [0, 0.05) is 22.8 Å². The highest BCUT2D eigenvalue weighted by Gasteiger charge is 2.15. The number of carbonyl (C=O) groups excluding carboxylic acids is 1. The van der Waals surface area contributed by atoms with E-state index in [1.54, 1.807) is 19.1 Å². The summed E-state index contributed by atoms with van der Waals surface area (Å²) < 4.78 is 4.87. The molecule has 0 aliphatic carbocycles. The third kappa shape index (κ3) is 2.77. The lowest BCUT2D eigenvalue weighted by Crippen LogP contribution is -2.07. The number of fused-ring (bicyclic) bond motifs is 1. The van der Waals surface area contributed by atoms with Gasteiger partial charge in [-0.05, 0) is 18.6 Å². The lowest BCUT2D eigenvalue weighted by molar-refractivity contribution is -0.384. The van der Waals surface area contributed by atoms with E-state index in [2.05, 4.69) is 20.9 Å². The van der Waals surface area contributed by atoms with Crippen LogP contribution < -0.4 is 0 Å². The number of alkyl halides is 1. The molecule has 2 rings (SSSR count). The van der Waals surface area contributed by atoms with Crippen molar-refractivity contribution in [1.29, 1.82) is 0 Å². The van der Waals surface area contributed by atoms with Crippen LogP contribution in [-0.4, -0.2) is 22.5 Å². The van der Waals surface area contributed by atoms with Gasteiger partial charge in [-0.25, -0.2) is 9.78 Å². The molecule has 104 valence electrons. The molecule has 0 spiro atoms. The Morgan fingerprint density at radius 3 is 2.80 bits per heavy atom. The van der Waals surface area contributed by atoms with E-state index < -0.39 is 10.9 Å². The summed E-state index contributed by atoms with van der Waals surface area (Å²) in [6, 6.07) is 6.11. The number of nitro groups is 1. The molecule has 0 aliphatic heterocycles. The number of aromatic nitrogens is 1. The number of rotatable bonds is 4. The van der Waals surface area contributed by atoms with E-state index in [0.29, 0.717) is 10.8 Å². The van der Waals surface area contributed by atoms with Crippen LogP contribution in [0.4, 0.5) is 5.69 Å². The third-order valence-electron chi connectivity index (χ3n) is 2.72. The van der Waals surface area contributed by atoms with Gasteiger partial charge in [-0.15, -0.1) is 0 Å². The number of benzene rings is 1. The summed E-state index contributed by atoms with van der Waals surface area (Å²) in [4.78, 5) is 26.2. The Bertz CT molecular complexity index is 687. The SMILES string of the molecule is CCOC(=O)c1ccc2c(CBr)cc([N+](=O)[O-])cc2n1. The zero-order valence-corrected chi connectivity index (χ0v) is 12.2. The van der Waals surface area contributed by atoms with Gasteiger partial charge < -0.3 is 4.74 Å². The minimum absolute atomic E-state index is 0.0551. The molecule has 1 aromatic carbocycles. The molecule has 0 saturated carbocycles. The van der Waals surface area contributed by atoms with Crippen molar-refractivity contribution in [2.45, 2.75) is 12.3 Å². The van der Waals surface area contributed by atoms with Gasteiger partial charge in [0.25, 0.3) is 5.69 Å². The van der Waals surface area contributed by atoms with Crippen LogP contribution in [0.5, 0.6) is 0 Å². The Balaban J connectivity index is 2.60. The summed E-state index contributed by atoms with van der Waals surface area (Å²) in [5.74, 6) is -0.540. The fraction of sp³-hybridized carbons (Fsp3) is 0.231. The summed E-state index contributed by atoms with van der Waals surface area (Å²) in [5, 5.41) is 12.1. The van der Waals surface area contributed by atoms with E-state index in [4.69, 9.17) is 4.74 Å². The fourth-order valence-corrected chi connectivity index (χ4v) is 2.29. The second kappa shape index (κ2) is 5.96. The van der Waals surface area contributed by atoms with Crippen LogP contribution >= 0.6 is 15.9 Å². The first-order valence-electron chi connectivity index (χ1n) is 5.88. The average Bonchev–Trinajstić information content (AvgIpc) is 2.45. The van der Waals surface area contributed by atoms with Gasteiger partial charge in [0.15, 0.2) is 0 Å². The quantitative estimate of drug-likeness (QED) is 0.370. The van der Waals surface area contributed by atoms with Crippen molar-refractivity contribution in [3.63, 3.8) is 0 Å². The number of non-ortho nitro benzene ring substituents is 1. The van der Waals surface area contributed by atoms with Crippen LogP contribution in [-0.2, 0) is 10.1 Å². The maximum atomic E-state index is 11.6. The molecule has 0 unspecified atom stereocenters. The van der Waals surface area contributed by atoms with E-state index in [9.17, 15) is 14.9 Å². The van der Waals surface area contributed by atoms with E-state index >= 15 is 0 Å². The molecule has 0 atom stereocenters. The van der Waals surface area contributed by atoms with Crippen LogP contribution in [0, 0.1) is 10.1 Å². The molecule has 7 heteroatoms. The minimum Gasteiger partial charge on any atom is -0.461 e. The number of pyridine rings is 1. The van der Waals surface area contributed by atoms with Gasteiger partial charge in [-0.3, -0.25) is 10.1 Å². The van der Waals surface area contributed by atoms with Gasteiger partial charge >= 0.3 is 5.97 Å².